The lowest BCUT2D eigenvalue weighted by Crippen LogP contribution is -2.31. The third kappa shape index (κ3) is 4.58. The first kappa shape index (κ1) is 18.2. The zero-order valence-electron chi connectivity index (χ0n) is 11.4. The van der Waals surface area contributed by atoms with Gasteiger partial charge in [-0.15, -0.1) is 0 Å². The third-order valence-corrected chi connectivity index (χ3v) is 5.73. The van der Waals surface area contributed by atoms with E-state index in [1.54, 1.807) is 0 Å². The largest absolute Gasteiger partial charge is 0.377 e. The van der Waals surface area contributed by atoms with E-state index in [0.717, 1.165) is 0 Å². The molecule has 1 aromatic rings. The van der Waals surface area contributed by atoms with Crippen LogP contribution in [0.15, 0.2) is 21.5 Å². The van der Waals surface area contributed by atoms with Gasteiger partial charge in [0.2, 0.25) is 10.0 Å². The molecule has 0 heterocycles. The van der Waals surface area contributed by atoms with Crippen LogP contribution in [-0.2, 0) is 14.8 Å². The van der Waals surface area contributed by atoms with Crippen LogP contribution in [0.5, 0.6) is 0 Å². The Balaban J connectivity index is 2.99. The van der Waals surface area contributed by atoms with Crippen molar-refractivity contribution in [1.82, 2.24) is 4.31 Å². The lowest BCUT2D eigenvalue weighted by atomic mass is 10.4. The lowest BCUT2D eigenvalue weighted by Gasteiger charge is -2.19. The molecule has 4 nitrogen and oxygen atoms in total. The van der Waals surface area contributed by atoms with Gasteiger partial charge in [0.05, 0.1) is 22.8 Å². The summed E-state index contributed by atoms with van der Waals surface area (Å²) in [5.41, 5.74) is 0. The molecule has 0 radical (unpaired) electrons. The number of likely N-dealkylation sites (N-methyl/N-ethyl adjacent to an activating group) is 1. The molecule has 20 heavy (non-hydrogen) atoms. The van der Waals surface area contributed by atoms with Gasteiger partial charge in [-0.05, 0) is 26.0 Å². The van der Waals surface area contributed by atoms with Gasteiger partial charge in [-0.1, -0.05) is 39.1 Å². The molecule has 8 heteroatoms. The number of ether oxygens (including phenoxy) is 1. The van der Waals surface area contributed by atoms with Gasteiger partial charge in [0.15, 0.2) is 0 Å². The quantitative estimate of drug-likeness (QED) is 0.724. The molecule has 0 N–H and O–H groups in total. The van der Waals surface area contributed by atoms with Gasteiger partial charge in [-0.25, -0.2) is 8.42 Å². The standard InChI is InChI=1S/C12H16BrCl2NO3S/c1-8(2)19-5-4-16(3)20(17,18)12-10(14)6-9(13)7-11(12)15/h6-8H,4-5H2,1-3H3. The Bertz CT molecular complexity index is 555. The molecule has 0 bridgehead atoms. The Morgan fingerprint density at radius 1 is 1.30 bits per heavy atom. The predicted molar refractivity (Wildman–Crippen MR) is 85.1 cm³/mol. The van der Waals surface area contributed by atoms with Crippen molar-refractivity contribution < 1.29 is 13.2 Å². The van der Waals surface area contributed by atoms with Crippen LogP contribution >= 0.6 is 39.1 Å². The molecule has 1 aromatic carbocycles. The van der Waals surface area contributed by atoms with E-state index in [-0.39, 0.29) is 27.6 Å². The number of hydrogen-bond donors (Lipinski definition) is 0. The average Bonchev–Trinajstić information content (AvgIpc) is 2.26. The van der Waals surface area contributed by atoms with Gasteiger partial charge in [0, 0.05) is 18.1 Å². The first-order chi connectivity index (χ1) is 9.16. The summed E-state index contributed by atoms with van der Waals surface area (Å²) in [6, 6.07) is 3.00. The van der Waals surface area contributed by atoms with E-state index in [9.17, 15) is 8.42 Å². The highest BCUT2D eigenvalue weighted by Gasteiger charge is 2.26. The van der Waals surface area contributed by atoms with E-state index in [2.05, 4.69) is 15.9 Å². The van der Waals surface area contributed by atoms with Crippen LogP contribution < -0.4 is 0 Å². The van der Waals surface area contributed by atoms with Crippen molar-refractivity contribution in [2.75, 3.05) is 20.2 Å². The minimum Gasteiger partial charge on any atom is -0.377 e. The molecule has 0 fully saturated rings. The lowest BCUT2D eigenvalue weighted by molar-refractivity contribution is 0.0737. The molecule has 0 aliphatic rings. The molecule has 0 atom stereocenters. The van der Waals surface area contributed by atoms with E-state index in [4.69, 9.17) is 27.9 Å². The van der Waals surface area contributed by atoms with Crippen LogP contribution in [0.4, 0.5) is 0 Å². The zero-order chi connectivity index (χ0) is 15.5. The first-order valence-electron chi connectivity index (χ1n) is 5.88. The Kier molecular flexibility index (Phi) is 6.76. The van der Waals surface area contributed by atoms with E-state index >= 15 is 0 Å². The molecule has 0 unspecified atom stereocenters. The summed E-state index contributed by atoms with van der Waals surface area (Å²) >= 11 is 15.2. The van der Waals surface area contributed by atoms with Crippen LogP contribution in [0.25, 0.3) is 0 Å². The Morgan fingerprint density at radius 2 is 1.80 bits per heavy atom. The monoisotopic (exact) mass is 403 g/mol. The highest BCUT2D eigenvalue weighted by Crippen LogP contribution is 2.34. The molecule has 0 aromatic heterocycles. The van der Waals surface area contributed by atoms with Gasteiger partial charge in [-0.3, -0.25) is 0 Å². The number of benzene rings is 1. The normalized spacial score (nSPS) is 12.4. The summed E-state index contributed by atoms with van der Waals surface area (Å²) in [5, 5.41) is 0.169. The molecule has 0 saturated heterocycles. The van der Waals surface area contributed by atoms with Crippen molar-refractivity contribution >= 4 is 49.2 Å². The van der Waals surface area contributed by atoms with Crippen molar-refractivity contribution in [2.45, 2.75) is 24.8 Å². The number of nitrogens with zero attached hydrogens (tertiary/aromatic N) is 1. The van der Waals surface area contributed by atoms with E-state index in [0.29, 0.717) is 11.1 Å². The van der Waals surface area contributed by atoms with Crippen molar-refractivity contribution in [3.63, 3.8) is 0 Å². The smallest absolute Gasteiger partial charge is 0.245 e. The van der Waals surface area contributed by atoms with Gasteiger partial charge in [0.25, 0.3) is 0 Å². The summed E-state index contributed by atoms with van der Waals surface area (Å²) in [5.74, 6) is 0. The first-order valence-corrected chi connectivity index (χ1v) is 8.87. The summed E-state index contributed by atoms with van der Waals surface area (Å²) in [7, 11) is -2.28. The molecular formula is C12H16BrCl2NO3S. The fourth-order valence-electron chi connectivity index (χ4n) is 1.47. The van der Waals surface area contributed by atoms with Gasteiger partial charge in [-0.2, -0.15) is 4.31 Å². The Hall–Kier alpha value is 0.150. The highest BCUT2D eigenvalue weighted by molar-refractivity contribution is 9.10. The minimum absolute atomic E-state index is 0.0472. The van der Waals surface area contributed by atoms with Gasteiger partial charge in [0.1, 0.15) is 4.90 Å². The van der Waals surface area contributed by atoms with Crippen LogP contribution in [0.3, 0.4) is 0 Å². The maximum absolute atomic E-state index is 12.4. The van der Waals surface area contributed by atoms with Crippen LogP contribution in [0.1, 0.15) is 13.8 Å². The van der Waals surface area contributed by atoms with E-state index < -0.39 is 10.0 Å². The van der Waals surface area contributed by atoms with Crippen molar-refractivity contribution in [3.8, 4) is 0 Å². The van der Waals surface area contributed by atoms with Crippen molar-refractivity contribution in [1.29, 1.82) is 0 Å². The minimum atomic E-state index is -3.75. The van der Waals surface area contributed by atoms with Crippen molar-refractivity contribution in [2.24, 2.45) is 0 Å². The number of hydrogen-bond acceptors (Lipinski definition) is 3. The topological polar surface area (TPSA) is 46.6 Å². The Morgan fingerprint density at radius 3 is 2.25 bits per heavy atom. The number of halogens is 3. The second kappa shape index (κ2) is 7.42. The third-order valence-electron chi connectivity index (χ3n) is 2.49. The second-order valence-corrected chi connectivity index (χ2v) is 8.16. The summed E-state index contributed by atoms with van der Waals surface area (Å²) in [6.45, 7) is 4.30. The molecule has 1 rings (SSSR count). The molecule has 0 aliphatic heterocycles. The summed E-state index contributed by atoms with van der Waals surface area (Å²) in [6.07, 6.45) is 0.0472. The van der Waals surface area contributed by atoms with Crippen LogP contribution in [0.2, 0.25) is 10.0 Å². The molecule has 0 aliphatic carbocycles. The van der Waals surface area contributed by atoms with Gasteiger partial charge >= 0.3 is 0 Å². The number of rotatable bonds is 6. The van der Waals surface area contributed by atoms with E-state index in [1.165, 1.54) is 23.5 Å². The highest BCUT2D eigenvalue weighted by atomic mass is 79.9. The molecule has 0 spiro atoms. The second-order valence-electron chi connectivity index (χ2n) is 4.44. The number of sulfonamides is 1. The maximum Gasteiger partial charge on any atom is 0.245 e. The molecule has 114 valence electrons. The fraction of sp³-hybridized carbons (Fsp3) is 0.500. The summed E-state index contributed by atoms with van der Waals surface area (Å²) < 4.78 is 32.0. The van der Waals surface area contributed by atoms with E-state index in [1.807, 2.05) is 13.8 Å². The molecular weight excluding hydrogens is 389 g/mol. The molecule has 0 saturated carbocycles. The predicted octanol–water partition coefficient (Wildman–Crippen LogP) is 3.80. The fourth-order valence-corrected chi connectivity index (χ4v) is 4.50. The van der Waals surface area contributed by atoms with Crippen molar-refractivity contribution in [3.05, 3.63) is 26.7 Å². The van der Waals surface area contributed by atoms with Crippen LogP contribution in [0, 0.1) is 0 Å². The van der Waals surface area contributed by atoms with Crippen LogP contribution in [-0.4, -0.2) is 39.0 Å². The SMILES string of the molecule is CC(C)OCCN(C)S(=O)(=O)c1c(Cl)cc(Br)cc1Cl. The summed E-state index contributed by atoms with van der Waals surface area (Å²) in [4.78, 5) is -0.0870. The Labute approximate surface area is 138 Å². The zero-order valence-corrected chi connectivity index (χ0v) is 15.3. The average molecular weight is 405 g/mol. The van der Waals surface area contributed by atoms with Gasteiger partial charge < -0.3 is 4.74 Å². The maximum atomic E-state index is 12.4. The molecule has 0 amide bonds.